The number of para-hydroxylation sites is 1. The van der Waals surface area contributed by atoms with Gasteiger partial charge in [-0.05, 0) is 29.3 Å². The van der Waals surface area contributed by atoms with Crippen molar-refractivity contribution < 1.29 is 27.9 Å². The number of hydrogen-bond donors (Lipinski definition) is 1. The molecule has 0 radical (unpaired) electrons. The van der Waals surface area contributed by atoms with Gasteiger partial charge in [-0.25, -0.2) is 8.78 Å². The van der Waals surface area contributed by atoms with Crippen molar-refractivity contribution in [3.63, 3.8) is 0 Å². The fraction of sp³-hybridized carbons (Fsp3) is 0.190. The molecule has 0 aromatic heterocycles. The van der Waals surface area contributed by atoms with Crippen LogP contribution < -0.4 is 5.32 Å². The summed E-state index contributed by atoms with van der Waals surface area (Å²) >= 11 is 0. The Labute approximate surface area is 165 Å². The van der Waals surface area contributed by atoms with E-state index in [4.69, 9.17) is 4.74 Å². The van der Waals surface area contributed by atoms with Gasteiger partial charge >= 0.3 is 5.97 Å². The van der Waals surface area contributed by atoms with Crippen LogP contribution >= 0.6 is 0 Å². The highest BCUT2D eigenvalue weighted by Gasteiger charge is 2.29. The Morgan fingerprint density at radius 3 is 2.45 bits per heavy atom. The van der Waals surface area contributed by atoms with Crippen LogP contribution in [0.4, 0.5) is 14.5 Å². The number of nitrogens with zero attached hydrogens (tertiary/aromatic N) is 1. The van der Waals surface area contributed by atoms with Crippen molar-refractivity contribution in [3.8, 4) is 0 Å². The van der Waals surface area contributed by atoms with Gasteiger partial charge < -0.3 is 15.0 Å². The zero-order valence-corrected chi connectivity index (χ0v) is 15.5. The molecule has 0 aliphatic carbocycles. The number of fused-ring (bicyclic) bond motifs is 1. The number of rotatable bonds is 5. The van der Waals surface area contributed by atoms with Crippen LogP contribution in [-0.2, 0) is 19.1 Å². The average molecular weight is 400 g/mol. The fourth-order valence-corrected chi connectivity index (χ4v) is 3.07. The van der Waals surface area contributed by atoms with E-state index in [0.717, 1.165) is 29.3 Å². The van der Waals surface area contributed by atoms with Gasteiger partial charge in [0.05, 0.1) is 12.5 Å². The number of anilines is 1. The van der Waals surface area contributed by atoms with E-state index < -0.39 is 41.8 Å². The average Bonchev–Trinajstić information content (AvgIpc) is 2.69. The smallest absolute Gasteiger partial charge is 0.308 e. The lowest BCUT2D eigenvalue weighted by Gasteiger charge is -2.32. The van der Waals surface area contributed by atoms with Crippen LogP contribution in [0.15, 0.2) is 48.7 Å². The Bertz CT molecular complexity index is 970. The van der Waals surface area contributed by atoms with E-state index in [0.29, 0.717) is 0 Å². The molecule has 29 heavy (non-hydrogen) atoms. The van der Waals surface area contributed by atoms with Crippen LogP contribution in [0.3, 0.4) is 0 Å². The van der Waals surface area contributed by atoms with Crippen molar-refractivity contribution >= 4 is 29.5 Å². The second kappa shape index (κ2) is 8.64. The molecule has 150 valence electrons. The summed E-state index contributed by atoms with van der Waals surface area (Å²) in [5.41, 5.74) is 1.04. The minimum absolute atomic E-state index is 0.178. The lowest BCUT2D eigenvalue weighted by atomic mass is 9.94. The largest absolute Gasteiger partial charge is 0.455 e. The van der Waals surface area contributed by atoms with E-state index >= 15 is 0 Å². The van der Waals surface area contributed by atoms with Gasteiger partial charge in [0.25, 0.3) is 5.91 Å². The number of esters is 1. The monoisotopic (exact) mass is 400 g/mol. The highest BCUT2D eigenvalue weighted by molar-refractivity contribution is 5.93. The Balaban J connectivity index is 1.63. The van der Waals surface area contributed by atoms with E-state index in [1.807, 2.05) is 17.4 Å². The number of nitrogens with one attached hydrogen (secondary N) is 1. The van der Waals surface area contributed by atoms with Gasteiger partial charge in [-0.2, -0.15) is 0 Å². The molecule has 6 nitrogen and oxygen atoms in total. The number of halogens is 2. The first-order valence-corrected chi connectivity index (χ1v) is 8.82. The Kier molecular flexibility index (Phi) is 6.01. The molecule has 2 aromatic rings. The van der Waals surface area contributed by atoms with E-state index in [2.05, 4.69) is 0 Å². The number of hydrogen-bond acceptors (Lipinski definition) is 4. The van der Waals surface area contributed by atoms with Gasteiger partial charge in [0.15, 0.2) is 6.61 Å². The molecular weight excluding hydrogens is 382 g/mol. The molecule has 8 heteroatoms. The second-order valence-electron chi connectivity index (χ2n) is 6.40. The van der Waals surface area contributed by atoms with Crippen molar-refractivity contribution in [2.75, 3.05) is 11.9 Å². The normalized spacial score (nSPS) is 14.9. The standard InChI is InChI=1S/C21H18F2N2O4/c1-13(26)25-10-9-14-5-2-3-6-15(14)18(25)11-20(28)29-12-19(27)24-21-16(22)7-4-8-17(21)23/h2-10,18H,11-12H2,1H3,(H,24,27)/t18-/m1/s1. The van der Waals surface area contributed by atoms with Crippen LogP contribution in [0.25, 0.3) is 6.08 Å². The highest BCUT2D eigenvalue weighted by atomic mass is 19.1. The van der Waals surface area contributed by atoms with Crippen molar-refractivity contribution in [3.05, 3.63) is 71.4 Å². The second-order valence-corrected chi connectivity index (χ2v) is 6.40. The van der Waals surface area contributed by atoms with Crippen LogP contribution in [-0.4, -0.2) is 29.3 Å². The first-order chi connectivity index (χ1) is 13.9. The van der Waals surface area contributed by atoms with Gasteiger partial charge in [-0.15, -0.1) is 0 Å². The summed E-state index contributed by atoms with van der Waals surface area (Å²) in [6, 6.07) is 9.88. The highest BCUT2D eigenvalue weighted by Crippen LogP contribution is 2.33. The third kappa shape index (κ3) is 4.66. The summed E-state index contributed by atoms with van der Waals surface area (Å²) in [7, 11) is 0. The molecule has 0 saturated carbocycles. The summed E-state index contributed by atoms with van der Waals surface area (Å²) < 4.78 is 32.1. The van der Waals surface area contributed by atoms with E-state index in [9.17, 15) is 23.2 Å². The maximum Gasteiger partial charge on any atom is 0.308 e. The predicted octanol–water partition coefficient (Wildman–Crippen LogP) is 3.41. The number of carbonyl (C=O) groups excluding carboxylic acids is 3. The van der Waals surface area contributed by atoms with Crippen LogP contribution in [0.2, 0.25) is 0 Å². The summed E-state index contributed by atoms with van der Waals surface area (Å²) in [4.78, 5) is 37.5. The Morgan fingerprint density at radius 1 is 1.07 bits per heavy atom. The Hall–Kier alpha value is -3.55. The van der Waals surface area contributed by atoms with Gasteiger partial charge in [0, 0.05) is 13.1 Å². The predicted molar refractivity (Wildman–Crippen MR) is 101 cm³/mol. The van der Waals surface area contributed by atoms with Crippen molar-refractivity contribution in [2.24, 2.45) is 0 Å². The molecule has 1 aliphatic rings. The molecule has 0 unspecified atom stereocenters. The molecule has 0 fully saturated rings. The maximum absolute atomic E-state index is 13.6. The minimum Gasteiger partial charge on any atom is -0.455 e. The van der Waals surface area contributed by atoms with Crippen LogP contribution in [0.5, 0.6) is 0 Å². The van der Waals surface area contributed by atoms with Gasteiger partial charge in [0.2, 0.25) is 5.91 Å². The molecule has 2 amide bonds. The number of carbonyl (C=O) groups is 3. The summed E-state index contributed by atoms with van der Waals surface area (Å²) in [5.74, 6) is -3.73. The molecule has 3 rings (SSSR count). The molecule has 1 N–H and O–H groups in total. The van der Waals surface area contributed by atoms with Gasteiger partial charge in [0.1, 0.15) is 17.3 Å². The Morgan fingerprint density at radius 2 is 1.76 bits per heavy atom. The fourth-order valence-electron chi connectivity index (χ4n) is 3.07. The SMILES string of the molecule is CC(=O)N1C=Cc2ccccc2[C@H]1CC(=O)OCC(=O)Nc1c(F)cccc1F. The lowest BCUT2D eigenvalue weighted by molar-refractivity contribution is -0.149. The number of ether oxygens (including phenoxy) is 1. The third-order valence-electron chi connectivity index (χ3n) is 4.42. The molecule has 0 spiro atoms. The molecule has 1 heterocycles. The van der Waals surface area contributed by atoms with Crippen molar-refractivity contribution in [1.82, 2.24) is 4.90 Å². The van der Waals surface area contributed by atoms with Crippen molar-refractivity contribution in [1.29, 1.82) is 0 Å². The van der Waals surface area contributed by atoms with Gasteiger partial charge in [-0.1, -0.05) is 30.3 Å². The zero-order chi connectivity index (χ0) is 21.0. The van der Waals surface area contributed by atoms with Crippen molar-refractivity contribution in [2.45, 2.75) is 19.4 Å². The summed E-state index contributed by atoms with van der Waals surface area (Å²) in [6.45, 7) is 0.671. The van der Waals surface area contributed by atoms with E-state index in [1.54, 1.807) is 24.4 Å². The quantitative estimate of drug-likeness (QED) is 0.781. The number of amides is 2. The lowest BCUT2D eigenvalue weighted by Crippen LogP contribution is -2.33. The van der Waals surface area contributed by atoms with E-state index in [1.165, 1.54) is 11.8 Å². The maximum atomic E-state index is 13.6. The molecule has 2 aromatic carbocycles. The number of benzene rings is 2. The third-order valence-corrected chi connectivity index (χ3v) is 4.42. The zero-order valence-electron chi connectivity index (χ0n) is 15.5. The first kappa shape index (κ1) is 20.2. The first-order valence-electron chi connectivity index (χ1n) is 8.82. The molecule has 0 saturated heterocycles. The molecule has 0 bridgehead atoms. The molecule has 1 aliphatic heterocycles. The summed E-state index contributed by atoms with van der Waals surface area (Å²) in [6.07, 6.45) is 3.19. The molecule has 1 atom stereocenters. The van der Waals surface area contributed by atoms with Gasteiger partial charge in [-0.3, -0.25) is 14.4 Å². The molecular formula is C21H18F2N2O4. The summed E-state index contributed by atoms with van der Waals surface area (Å²) in [5, 5.41) is 2.04. The topological polar surface area (TPSA) is 75.7 Å². The van der Waals surface area contributed by atoms with Crippen LogP contribution in [0.1, 0.15) is 30.5 Å². The minimum atomic E-state index is -0.938. The van der Waals surface area contributed by atoms with Crippen LogP contribution in [0, 0.1) is 11.6 Å². The van der Waals surface area contributed by atoms with E-state index in [-0.39, 0.29) is 12.3 Å².